The molecule has 9 aromatic rings. The third-order valence-electron chi connectivity index (χ3n) is 16.5. The summed E-state index contributed by atoms with van der Waals surface area (Å²) >= 11 is 0. The predicted molar refractivity (Wildman–Crippen MR) is 301 cm³/mol. The van der Waals surface area contributed by atoms with Crippen LogP contribution in [0.25, 0.3) is 44.5 Å². The largest absolute Gasteiger partial charge is 0.334 e. The number of benzene rings is 9. The first-order valence-electron chi connectivity index (χ1n) is 25.7. The molecule has 0 fully saturated rings. The van der Waals surface area contributed by atoms with E-state index in [9.17, 15) is 0 Å². The van der Waals surface area contributed by atoms with Crippen LogP contribution >= 0.6 is 0 Å². The summed E-state index contributed by atoms with van der Waals surface area (Å²) in [4.78, 5) is 5.03. The molecule has 1 aliphatic heterocycles. The first-order chi connectivity index (χ1) is 35.5. The number of anilines is 4. The molecule has 344 valence electrons. The van der Waals surface area contributed by atoms with E-state index in [-0.39, 0.29) is 5.41 Å². The summed E-state index contributed by atoms with van der Waals surface area (Å²) in [5.41, 5.74) is 24.7. The zero-order valence-electron chi connectivity index (χ0n) is 40.7. The van der Waals surface area contributed by atoms with Crippen molar-refractivity contribution in [3.8, 4) is 44.5 Å². The fraction of sp³-hybridized carbons (Fsp3) is 0.114. The third kappa shape index (κ3) is 6.41. The average molecular weight is 923 g/mol. The number of rotatable bonds is 8. The number of hydrogen-bond donors (Lipinski definition) is 0. The lowest BCUT2D eigenvalue weighted by atomic mass is 9.68. The van der Waals surface area contributed by atoms with Gasteiger partial charge in [-0.05, 0) is 145 Å². The summed E-state index contributed by atoms with van der Waals surface area (Å²) in [6.07, 6.45) is 18.4. The Balaban J connectivity index is 0.856. The molecule has 0 aromatic heterocycles. The first kappa shape index (κ1) is 42.4. The van der Waals surface area contributed by atoms with E-state index in [1.54, 1.807) is 0 Å². The van der Waals surface area contributed by atoms with E-state index in [2.05, 4.69) is 279 Å². The topological polar surface area (TPSA) is 6.48 Å². The van der Waals surface area contributed by atoms with Gasteiger partial charge in [-0.15, -0.1) is 0 Å². The van der Waals surface area contributed by atoms with Crippen molar-refractivity contribution in [1.29, 1.82) is 0 Å². The molecular formula is C70H54N2. The van der Waals surface area contributed by atoms with Crippen LogP contribution in [0, 0.1) is 0 Å². The molecule has 0 saturated heterocycles. The lowest BCUT2D eigenvalue weighted by molar-refractivity contribution is 0.660. The maximum Gasteiger partial charge on any atom is 0.0713 e. The molecule has 1 heterocycles. The highest BCUT2D eigenvalue weighted by molar-refractivity contribution is 5.92. The van der Waals surface area contributed by atoms with Crippen LogP contribution in [0.4, 0.5) is 22.7 Å². The summed E-state index contributed by atoms with van der Waals surface area (Å²) in [6.45, 7) is 4.75. The number of nitrogens with zero attached hydrogens (tertiary/aromatic N) is 2. The minimum atomic E-state index is -0.461. The Kier molecular flexibility index (Phi) is 9.77. The van der Waals surface area contributed by atoms with Crippen LogP contribution in [0.3, 0.4) is 0 Å². The second-order valence-corrected chi connectivity index (χ2v) is 20.7. The molecule has 0 radical (unpaired) electrons. The maximum absolute atomic E-state index is 2.56. The zero-order valence-corrected chi connectivity index (χ0v) is 40.7. The van der Waals surface area contributed by atoms with E-state index >= 15 is 0 Å². The third-order valence-corrected chi connectivity index (χ3v) is 16.5. The van der Waals surface area contributed by atoms with Gasteiger partial charge in [-0.2, -0.15) is 0 Å². The van der Waals surface area contributed by atoms with Crippen molar-refractivity contribution < 1.29 is 0 Å². The van der Waals surface area contributed by atoms with Gasteiger partial charge in [-0.1, -0.05) is 220 Å². The number of fused-ring (bicyclic) bond motifs is 9. The van der Waals surface area contributed by atoms with Crippen LogP contribution in [0.5, 0.6) is 0 Å². The maximum atomic E-state index is 2.56. The summed E-state index contributed by atoms with van der Waals surface area (Å²) in [7, 11) is 0. The molecule has 72 heavy (non-hydrogen) atoms. The van der Waals surface area contributed by atoms with Gasteiger partial charge in [0, 0.05) is 39.8 Å². The average Bonchev–Trinajstić information content (AvgIpc) is 4.02. The van der Waals surface area contributed by atoms with E-state index in [1.807, 2.05) is 0 Å². The summed E-state index contributed by atoms with van der Waals surface area (Å²) in [5.74, 6) is 0.362. The molecule has 2 unspecified atom stereocenters. The predicted octanol–water partition coefficient (Wildman–Crippen LogP) is 17.8. The van der Waals surface area contributed by atoms with Crippen molar-refractivity contribution >= 4 is 22.7 Å². The fourth-order valence-electron chi connectivity index (χ4n) is 13.1. The fourth-order valence-corrected chi connectivity index (χ4v) is 13.1. The lowest BCUT2D eigenvalue weighted by Gasteiger charge is -2.34. The van der Waals surface area contributed by atoms with Crippen LogP contribution < -0.4 is 9.80 Å². The van der Waals surface area contributed by atoms with Gasteiger partial charge in [-0.3, -0.25) is 0 Å². The quantitative estimate of drug-likeness (QED) is 0.150. The molecule has 0 N–H and O–H groups in total. The van der Waals surface area contributed by atoms with Crippen molar-refractivity contribution in [2.75, 3.05) is 9.80 Å². The highest BCUT2D eigenvalue weighted by Gasteiger charge is 2.46. The Morgan fingerprint density at radius 2 is 1.00 bits per heavy atom. The van der Waals surface area contributed by atoms with Gasteiger partial charge in [0.25, 0.3) is 0 Å². The van der Waals surface area contributed by atoms with Crippen LogP contribution in [-0.4, -0.2) is 6.04 Å². The van der Waals surface area contributed by atoms with Gasteiger partial charge in [0.15, 0.2) is 0 Å². The Bertz CT molecular complexity index is 3680. The van der Waals surface area contributed by atoms with E-state index < -0.39 is 5.41 Å². The SMILES string of the molecule is CC1(C)c2ccccc2-c2ccc(N(c3ccc(-c4ccc(-c5ccc6c(c5)N(C5=CCCC=C5)C5C=CC=CC65)cc4)cc3)c3ccc4c(c3)-c3ccccc3C4(c3ccccc3)c3ccccc3)cc21. The van der Waals surface area contributed by atoms with Gasteiger partial charge in [0.2, 0.25) is 0 Å². The van der Waals surface area contributed by atoms with Gasteiger partial charge in [0.05, 0.1) is 11.5 Å². The van der Waals surface area contributed by atoms with Crippen molar-refractivity contribution in [2.45, 2.75) is 49.5 Å². The molecule has 0 saturated carbocycles. The van der Waals surface area contributed by atoms with E-state index in [0.29, 0.717) is 12.0 Å². The van der Waals surface area contributed by atoms with Crippen LogP contribution in [0.1, 0.15) is 71.6 Å². The minimum Gasteiger partial charge on any atom is -0.334 e. The molecule has 14 rings (SSSR count). The van der Waals surface area contributed by atoms with Crippen molar-refractivity contribution in [3.63, 3.8) is 0 Å². The molecule has 2 atom stereocenters. The van der Waals surface area contributed by atoms with Crippen LogP contribution in [-0.2, 0) is 10.8 Å². The number of allylic oxidation sites excluding steroid dienone is 5. The van der Waals surface area contributed by atoms with Crippen molar-refractivity contribution in [1.82, 2.24) is 0 Å². The Morgan fingerprint density at radius 3 is 1.71 bits per heavy atom. The van der Waals surface area contributed by atoms with Gasteiger partial charge in [0.1, 0.15) is 0 Å². The molecule has 0 bridgehead atoms. The minimum absolute atomic E-state index is 0.137. The van der Waals surface area contributed by atoms with Crippen LogP contribution in [0.2, 0.25) is 0 Å². The van der Waals surface area contributed by atoms with Crippen molar-refractivity contribution in [3.05, 3.63) is 299 Å². The summed E-state index contributed by atoms with van der Waals surface area (Å²) in [5, 5.41) is 0. The molecule has 0 spiro atoms. The second-order valence-electron chi connectivity index (χ2n) is 20.7. The van der Waals surface area contributed by atoms with Gasteiger partial charge >= 0.3 is 0 Å². The molecule has 4 aliphatic carbocycles. The molecule has 9 aromatic carbocycles. The Hall–Kier alpha value is -8.46. The van der Waals surface area contributed by atoms with E-state index in [0.717, 1.165) is 29.9 Å². The van der Waals surface area contributed by atoms with Gasteiger partial charge < -0.3 is 9.80 Å². The van der Waals surface area contributed by atoms with E-state index in [4.69, 9.17) is 0 Å². The first-order valence-corrected chi connectivity index (χ1v) is 25.7. The lowest BCUT2D eigenvalue weighted by Crippen LogP contribution is -2.31. The standard InChI is InChI=1S/C70H54N2/c1-69(2)63-27-15-12-24-57(63)59-42-39-56(46-66(59)69)71(55-40-43-65-62(45-55)58-25-13-16-28-64(58)70(65,51-18-6-3-7-19-51)52-20-8-4-9-21-52)54-37-34-48(35-38-54)47-30-32-49(33-31-47)50-36-41-61-60-26-14-17-29-67(60)72(68(61)44-50)53-22-10-5-11-23-53/h3-4,6-10,12-46,60,67H,5,11H2,1-2H3. The normalized spacial score (nSPS) is 17.9. The molecule has 2 nitrogen and oxygen atoms in total. The zero-order chi connectivity index (χ0) is 48.0. The Labute approximate surface area is 423 Å². The summed E-state index contributed by atoms with van der Waals surface area (Å²) in [6, 6.07) is 80.2. The smallest absolute Gasteiger partial charge is 0.0713 e. The second kappa shape index (κ2) is 16.6. The molecule has 5 aliphatic rings. The van der Waals surface area contributed by atoms with Crippen molar-refractivity contribution in [2.24, 2.45) is 0 Å². The molecule has 2 heteroatoms. The highest BCUT2D eigenvalue weighted by Crippen LogP contribution is 2.58. The van der Waals surface area contributed by atoms with Gasteiger partial charge in [-0.25, -0.2) is 0 Å². The van der Waals surface area contributed by atoms with E-state index in [1.165, 1.54) is 94.8 Å². The number of hydrogen-bond acceptors (Lipinski definition) is 2. The molecule has 0 amide bonds. The van der Waals surface area contributed by atoms with Crippen LogP contribution in [0.15, 0.2) is 261 Å². The highest BCUT2D eigenvalue weighted by atomic mass is 15.2. The summed E-state index contributed by atoms with van der Waals surface area (Å²) < 4.78 is 0. The monoisotopic (exact) mass is 922 g/mol. The Morgan fingerprint density at radius 1 is 0.444 bits per heavy atom. The molecular weight excluding hydrogens is 869 g/mol.